The zero-order chi connectivity index (χ0) is 22.4. The second-order valence-corrected chi connectivity index (χ2v) is 7.11. The second-order valence-electron chi connectivity index (χ2n) is 7.11. The number of aryl methyl sites for hydroxylation is 1. The molecule has 7 heteroatoms. The average Bonchev–Trinajstić information content (AvgIpc) is 2.75. The molecule has 0 aromatic heterocycles. The van der Waals surface area contributed by atoms with Crippen molar-refractivity contribution in [2.75, 3.05) is 11.9 Å². The van der Waals surface area contributed by atoms with E-state index in [9.17, 15) is 18.4 Å². The predicted octanol–water partition coefficient (Wildman–Crippen LogP) is 4.72. The molecule has 0 heterocycles. The zero-order valence-electron chi connectivity index (χ0n) is 17.1. The molecule has 0 radical (unpaired) electrons. The van der Waals surface area contributed by atoms with Gasteiger partial charge in [0.2, 0.25) is 0 Å². The highest BCUT2D eigenvalue weighted by molar-refractivity contribution is 6.05. The van der Waals surface area contributed by atoms with Crippen LogP contribution in [0.5, 0.6) is 5.75 Å². The van der Waals surface area contributed by atoms with Gasteiger partial charge in [-0.1, -0.05) is 24.3 Å². The average molecular weight is 424 g/mol. The van der Waals surface area contributed by atoms with Crippen molar-refractivity contribution in [1.29, 1.82) is 0 Å². The molecule has 3 rings (SSSR count). The fraction of sp³-hybridized carbons (Fsp3) is 0.167. The minimum absolute atomic E-state index is 0.00223. The summed E-state index contributed by atoms with van der Waals surface area (Å²) in [6.07, 6.45) is 0. The van der Waals surface area contributed by atoms with Crippen molar-refractivity contribution in [2.45, 2.75) is 19.9 Å². The Kier molecular flexibility index (Phi) is 6.97. The maximum Gasteiger partial charge on any atom is 0.255 e. The third-order valence-electron chi connectivity index (χ3n) is 4.54. The largest absolute Gasteiger partial charge is 0.488 e. The van der Waals surface area contributed by atoms with E-state index in [-0.39, 0.29) is 24.2 Å². The highest BCUT2D eigenvalue weighted by Crippen LogP contribution is 2.19. The summed E-state index contributed by atoms with van der Waals surface area (Å²) in [6, 6.07) is 16.3. The van der Waals surface area contributed by atoms with Gasteiger partial charge in [-0.3, -0.25) is 9.59 Å². The molecule has 0 aliphatic rings. The summed E-state index contributed by atoms with van der Waals surface area (Å²) >= 11 is 0. The molecule has 160 valence electrons. The molecule has 5 nitrogen and oxygen atoms in total. The van der Waals surface area contributed by atoms with Crippen molar-refractivity contribution in [3.8, 4) is 5.75 Å². The van der Waals surface area contributed by atoms with Crippen LogP contribution < -0.4 is 15.4 Å². The van der Waals surface area contributed by atoms with Gasteiger partial charge in [0.15, 0.2) is 11.6 Å². The van der Waals surface area contributed by atoms with E-state index in [2.05, 4.69) is 10.6 Å². The van der Waals surface area contributed by atoms with Crippen molar-refractivity contribution in [3.05, 3.63) is 95.1 Å². The van der Waals surface area contributed by atoms with Crippen LogP contribution in [0.15, 0.2) is 66.7 Å². The van der Waals surface area contributed by atoms with Gasteiger partial charge in [0, 0.05) is 22.9 Å². The van der Waals surface area contributed by atoms with E-state index < -0.39 is 17.7 Å². The Labute approximate surface area is 179 Å². The normalized spacial score (nSPS) is 11.5. The monoisotopic (exact) mass is 424 g/mol. The zero-order valence-corrected chi connectivity index (χ0v) is 17.1. The molecule has 0 bridgehead atoms. The van der Waals surface area contributed by atoms with Gasteiger partial charge in [0.1, 0.15) is 12.4 Å². The Morgan fingerprint density at radius 2 is 1.68 bits per heavy atom. The van der Waals surface area contributed by atoms with Gasteiger partial charge in [0.05, 0.1) is 6.04 Å². The van der Waals surface area contributed by atoms with E-state index in [0.717, 1.165) is 17.7 Å². The van der Waals surface area contributed by atoms with Crippen LogP contribution in [0.4, 0.5) is 14.5 Å². The maximum atomic E-state index is 13.7. The summed E-state index contributed by atoms with van der Waals surface area (Å²) in [4.78, 5) is 25.0. The summed E-state index contributed by atoms with van der Waals surface area (Å²) in [5, 5.41) is 5.57. The van der Waals surface area contributed by atoms with E-state index in [1.807, 2.05) is 13.0 Å². The lowest BCUT2D eigenvalue weighted by atomic mass is 10.1. The van der Waals surface area contributed by atoms with Crippen LogP contribution in [0.2, 0.25) is 0 Å². The Bertz CT molecular complexity index is 1090. The van der Waals surface area contributed by atoms with E-state index in [0.29, 0.717) is 16.8 Å². The Hall–Kier alpha value is -3.74. The number of anilines is 1. The van der Waals surface area contributed by atoms with Gasteiger partial charge < -0.3 is 15.4 Å². The van der Waals surface area contributed by atoms with E-state index in [1.165, 1.54) is 6.07 Å². The van der Waals surface area contributed by atoms with E-state index >= 15 is 0 Å². The summed E-state index contributed by atoms with van der Waals surface area (Å²) < 4.78 is 31.9. The van der Waals surface area contributed by atoms with Crippen molar-refractivity contribution in [3.63, 3.8) is 0 Å². The molecule has 0 saturated carbocycles. The molecule has 0 aliphatic carbocycles. The molecule has 0 aliphatic heterocycles. The number of carbonyl (C=O) groups is 2. The Morgan fingerprint density at radius 3 is 2.39 bits per heavy atom. The highest BCUT2D eigenvalue weighted by atomic mass is 19.1. The summed E-state index contributed by atoms with van der Waals surface area (Å²) in [5.41, 5.74) is 2.20. The number of halogens is 2. The minimum atomic E-state index is -0.809. The number of hydrogen-bond donors (Lipinski definition) is 2. The molecule has 3 aromatic rings. The van der Waals surface area contributed by atoms with Gasteiger partial charge in [-0.15, -0.1) is 0 Å². The molecule has 0 fully saturated rings. The molecule has 0 spiro atoms. The van der Waals surface area contributed by atoms with Crippen molar-refractivity contribution in [2.24, 2.45) is 0 Å². The van der Waals surface area contributed by atoms with Crippen LogP contribution in [-0.4, -0.2) is 24.5 Å². The van der Waals surface area contributed by atoms with Crippen molar-refractivity contribution in [1.82, 2.24) is 5.32 Å². The summed E-state index contributed by atoms with van der Waals surface area (Å²) in [5.74, 6) is -2.24. The number of rotatable bonds is 7. The molecule has 2 N–H and O–H groups in total. The van der Waals surface area contributed by atoms with Gasteiger partial charge in [-0.05, 0) is 55.8 Å². The van der Waals surface area contributed by atoms with Crippen LogP contribution >= 0.6 is 0 Å². The number of amides is 2. The fourth-order valence-corrected chi connectivity index (χ4v) is 2.84. The molecule has 31 heavy (non-hydrogen) atoms. The maximum absolute atomic E-state index is 13.7. The van der Waals surface area contributed by atoms with Crippen LogP contribution in [0.3, 0.4) is 0 Å². The van der Waals surface area contributed by atoms with Gasteiger partial charge in [0.25, 0.3) is 11.8 Å². The number of ether oxygens (including phenoxy) is 1. The SMILES string of the molecule is Cc1ccc(C(=O)NC(C)COc2ccc(F)cc2F)cc1NC(=O)c1ccccc1. The quantitative estimate of drug-likeness (QED) is 0.577. The lowest BCUT2D eigenvalue weighted by molar-refractivity contribution is 0.0925. The first-order chi connectivity index (χ1) is 14.8. The summed E-state index contributed by atoms with van der Waals surface area (Å²) in [6.45, 7) is 3.53. The minimum Gasteiger partial charge on any atom is -0.488 e. The van der Waals surface area contributed by atoms with Gasteiger partial charge >= 0.3 is 0 Å². The molecular formula is C24H22F2N2O3. The smallest absolute Gasteiger partial charge is 0.255 e. The standard InChI is InChI=1S/C24H22F2N2O3/c1-15-8-9-18(12-21(15)28-23(29)17-6-4-3-5-7-17)24(30)27-16(2)14-31-22-11-10-19(25)13-20(22)26/h3-13,16H,14H2,1-2H3,(H,27,30)(H,28,29). The van der Waals surface area contributed by atoms with Gasteiger partial charge in [-0.2, -0.15) is 0 Å². The molecule has 1 unspecified atom stereocenters. The lowest BCUT2D eigenvalue weighted by Gasteiger charge is -2.16. The predicted molar refractivity (Wildman–Crippen MR) is 114 cm³/mol. The molecule has 1 atom stereocenters. The van der Waals surface area contributed by atoms with E-state index in [4.69, 9.17) is 4.74 Å². The van der Waals surface area contributed by atoms with E-state index in [1.54, 1.807) is 49.4 Å². The Balaban J connectivity index is 1.62. The van der Waals surface area contributed by atoms with Crippen LogP contribution in [0.25, 0.3) is 0 Å². The summed E-state index contributed by atoms with van der Waals surface area (Å²) in [7, 11) is 0. The number of hydrogen-bond acceptors (Lipinski definition) is 3. The molecular weight excluding hydrogens is 402 g/mol. The molecule has 0 saturated heterocycles. The van der Waals surface area contributed by atoms with Gasteiger partial charge in [-0.25, -0.2) is 8.78 Å². The first-order valence-corrected chi connectivity index (χ1v) is 9.69. The second kappa shape index (κ2) is 9.84. The van der Waals surface area contributed by atoms with Crippen molar-refractivity contribution < 1.29 is 23.1 Å². The molecule has 3 aromatic carbocycles. The first-order valence-electron chi connectivity index (χ1n) is 9.69. The first kappa shape index (κ1) is 22.0. The third kappa shape index (κ3) is 5.88. The molecule has 2 amide bonds. The third-order valence-corrected chi connectivity index (χ3v) is 4.54. The topological polar surface area (TPSA) is 67.4 Å². The Morgan fingerprint density at radius 1 is 0.935 bits per heavy atom. The number of carbonyl (C=O) groups excluding carboxylic acids is 2. The van der Waals surface area contributed by atoms with Crippen LogP contribution in [0.1, 0.15) is 33.2 Å². The number of benzene rings is 3. The van der Waals surface area contributed by atoms with Crippen LogP contribution in [0, 0.1) is 18.6 Å². The van der Waals surface area contributed by atoms with Crippen molar-refractivity contribution >= 4 is 17.5 Å². The highest BCUT2D eigenvalue weighted by Gasteiger charge is 2.14. The van der Waals surface area contributed by atoms with Crippen LogP contribution in [-0.2, 0) is 0 Å². The lowest BCUT2D eigenvalue weighted by Crippen LogP contribution is -2.36. The number of nitrogens with one attached hydrogen (secondary N) is 2. The fourth-order valence-electron chi connectivity index (χ4n) is 2.84.